The van der Waals surface area contributed by atoms with Crippen LogP contribution in [0.25, 0.3) is 0 Å². The van der Waals surface area contributed by atoms with Crippen LogP contribution in [0.15, 0.2) is 30.3 Å². The lowest BCUT2D eigenvalue weighted by Gasteiger charge is -2.17. The highest BCUT2D eigenvalue weighted by molar-refractivity contribution is 5.82. The number of amides is 1. The first-order valence-electron chi connectivity index (χ1n) is 7.89. The minimum Gasteiger partial charge on any atom is -0.355 e. The monoisotopic (exact) mass is 272 g/mol. The van der Waals surface area contributed by atoms with E-state index in [4.69, 9.17) is 0 Å². The molecule has 3 rings (SSSR count). The third kappa shape index (κ3) is 3.04. The summed E-state index contributed by atoms with van der Waals surface area (Å²) in [5, 5.41) is 6.51. The van der Waals surface area contributed by atoms with Gasteiger partial charge in [0, 0.05) is 6.54 Å². The van der Waals surface area contributed by atoms with Crippen molar-refractivity contribution in [2.75, 3.05) is 13.1 Å². The van der Waals surface area contributed by atoms with Gasteiger partial charge in [0.15, 0.2) is 0 Å². The van der Waals surface area contributed by atoms with Gasteiger partial charge in [0.2, 0.25) is 5.91 Å². The van der Waals surface area contributed by atoms with E-state index in [0.717, 1.165) is 31.8 Å². The number of hydrogen-bond acceptors (Lipinski definition) is 2. The Morgan fingerprint density at radius 3 is 2.95 bits per heavy atom. The third-order valence-electron chi connectivity index (χ3n) is 4.81. The molecule has 2 fully saturated rings. The number of carbonyl (C=O) groups is 1. The molecule has 0 bridgehead atoms. The zero-order chi connectivity index (χ0) is 13.8. The van der Waals surface area contributed by atoms with Gasteiger partial charge in [-0.15, -0.1) is 0 Å². The molecule has 2 aliphatic rings. The lowest BCUT2D eigenvalue weighted by Crippen LogP contribution is -2.44. The topological polar surface area (TPSA) is 41.1 Å². The third-order valence-corrected chi connectivity index (χ3v) is 4.81. The van der Waals surface area contributed by atoms with Gasteiger partial charge in [-0.1, -0.05) is 36.8 Å². The van der Waals surface area contributed by atoms with Crippen LogP contribution in [0.2, 0.25) is 0 Å². The Labute approximate surface area is 121 Å². The van der Waals surface area contributed by atoms with Gasteiger partial charge in [-0.25, -0.2) is 0 Å². The Morgan fingerprint density at radius 1 is 1.25 bits per heavy atom. The number of hydrogen-bond donors (Lipinski definition) is 2. The van der Waals surface area contributed by atoms with Crippen LogP contribution in [0.4, 0.5) is 0 Å². The Bertz CT molecular complexity index is 446. The summed E-state index contributed by atoms with van der Waals surface area (Å²) in [5.74, 6) is 1.55. The van der Waals surface area contributed by atoms with Crippen molar-refractivity contribution in [3.8, 4) is 0 Å². The van der Waals surface area contributed by atoms with Gasteiger partial charge < -0.3 is 10.6 Å². The van der Waals surface area contributed by atoms with E-state index in [1.54, 1.807) is 0 Å². The Kier molecular flexibility index (Phi) is 4.36. The molecule has 1 aromatic rings. The van der Waals surface area contributed by atoms with Crippen LogP contribution in [-0.2, 0) is 11.2 Å². The molecule has 108 valence electrons. The maximum Gasteiger partial charge on any atom is 0.237 e. The fourth-order valence-electron chi connectivity index (χ4n) is 3.73. The maximum atomic E-state index is 12.2. The van der Waals surface area contributed by atoms with E-state index in [9.17, 15) is 4.79 Å². The van der Waals surface area contributed by atoms with Crippen molar-refractivity contribution in [2.24, 2.45) is 11.8 Å². The predicted octanol–water partition coefficient (Wildman–Crippen LogP) is 2.12. The normalized spacial score (nSPS) is 28.3. The van der Waals surface area contributed by atoms with E-state index in [1.807, 2.05) is 6.07 Å². The molecule has 2 N–H and O–H groups in total. The van der Waals surface area contributed by atoms with Crippen molar-refractivity contribution >= 4 is 5.91 Å². The Balaban J connectivity index is 1.39. The number of benzene rings is 1. The minimum absolute atomic E-state index is 0.0687. The number of carbonyl (C=O) groups excluding carboxylic acids is 1. The summed E-state index contributed by atoms with van der Waals surface area (Å²) in [6, 6.07) is 10.5. The number of nitrogens with one attached hydrogen (secondary N) is 2. The molecule has 20 heavy (non-hydrogen) atoms. The Morgan fingerprint density at radius 2 is 2.10 bits per heavy atom. The second kappa shape index (κ2) is 6.40. The van der Waals surface area contributed by atoms with Gasteiger partial charge in [0.1, 0.15) is 0 Å². The smallest absolute Gasteiger partial charge is 0.237 e. The molecule has 0 spiro atoms. The van der Waals surface area contributed by atoms with Crippen LogP contribution >= 0.6 is 0 Å². The highest BCUT2D eigenvalue weighted by Gasteiger charge is 2.42. The summed E-state index contributed by atoms with van der Waals surface area (Å²) in [7, 11) is 0. The fourth-order valence-corrected chi connectivity index (χ4v) is 3.73. The molecule has 1 heterocycles. The summed E-state index contributed by atoms with van der Waals surface area (Å²) < 4.78 is 0. The molecular weight excluding hydrogens is 248 g/mol. The molecule has 1 amide bonds. The molecule has 1 saturated heterocycles. The van der Waals surface area contributed by atoms with Crippen molar-refractivity contribution in [1.82, 2.24) is 10.6 Å². The molecule has 3 atom stereocenters. The first-order valence-corrected chi connectivity index (χ1v) is 7.89. The number of aryl methyl sites for hydroxylation is 1. The van der Waals surface area contributed by atoms with Gasteiger partial charge in [-0.05, 0) is 49.6 Å². The summed E-state index contributed by atoms with van der Waals surface area (Å²) in [6.45, 7) is 1.82. The van der Waals surface area contributed by atoms with Crippen molar-refractivity contribution < 1.29 is 4.79 Å². The SMILES string of the molecule is O=C(NCCCc1ccccc1)C1NCC2CCCC21. The largest absolute Gasteiger partial charge is 0.355 e. The average Bonchev–Trinajstić information content (AvgIpc) is 3.07. The van der Waals surface area contributed by atoms with E-state index in [2.05, 4.69) is 34.9 Å². The van der Waals surface area contributed by atoms with Crippen molar-refractivity contribution in [1.29, 1.82) is 0 Å². The molecule has 1 aliphatic heterocycles. The molecule has 0 aromatic heterocycles. The summed E-state index contributed by atoms with van der Waals surface area (Å²) in [5.41, 5.74) is 1.34. The molecule has 1 saturated carbocycles. The summed E-state index contributed by atoms with van der Waals surface area (Å²) in [4.78, 5) is 12.2. The van der Waals surface area contributed by atoms with Gasteiger partial charge in [-0.3, -0.25) is 4.79 Å². The zero-order valence-electron chi connectivity index (χ0n) is 12.0. The number of rotatable bonds is 5. The molecule has 1 aromatic carbocycles. The first kappa shape index (κ1) is 13.6. The van der Waals surface area contributed by atoms with Crippen molar-refractivity contribution in [3.05, 3.63) is 35.9 Å². The fraction of sp³-hybridized carbons (Fsp3) is 0.588. The molecule has 3 unspecified atom stereocenters. The second-order valence-corrected chi connectivity index (χ2v) is 6.12. The number of fused-ring (bicyclic) bond motifs is 1. The van der Waals surface area contributed by atoms with Crippen LogP contribution in [0.3, 0.4) is 0 Å². The molecule has 1 aliphatic carbocycles. The molecule has 3 heteroatoms. The van der Waals surface area contributed by atoms with E-state index in [-0.39, 0.29) is 11.9 Å². The van der Waals surface area contributed by atoms with E-state index in [0.29, 0.717) is 5.92 Å². The van der Waals surface area contributed by atoms with Gasteiger partial charge >= 0.3 is 0 Å². The van der Waals surface area contributed by atoms with Crippen LogP contribution in [-0.4, -0.2) is 25.0 Å². The summed E-state index contributed by atoms with van der Waals surface area (Å²) >= 11 is 0. The summed E-state index contributed by atoms with van der Waals surface area (Å²) in [6.07, 6.45) is 5.87. The van der Waals surface area contributed by atoms with Gasteiger partial charge in [0.25, 0.3) is 0 Å². The Hall–Kier alpha value is -1.35. The molecule has 0 radical (unpaired) electrons. The van der Waals surface area contributed by atoms with E-state index < -0.39 is 0 Å². The average molecular weight is 272 g/mol. The first-order chi connectivity index (χ1) is 9.84. The zero-order valence-corrected chi connectivity index (χ0v) is 12.0. The lowest BCUT2D eigenvalue weighted by atomic mass is 9.93. The van der Waals surface area contributed by atoms with E-state index >= 15 is 0 Å². The van der Waals surface area contributed by atoms with Gasteiger partial charge in [0.05, 0.1) is 6.04 Å². The highest BCUT2D eigenvalue weighted by atomic mass is 16.2. The van der Waals surface area contributed by atoms with Crippen LogP contribution in [0, 0.1) is 11.8 Å². The molecular formula is C17H24N2O. The van der Waals surface area contributed by atoms with Crippen molar-refractivity contribution in [3.63, 3.8) is 0 Å². The predicted molar refractivity (Wildman–Crippen MR) is 80.4 cm³/mol. The van der Waals surface area contributed by atoms with Crippen LogP contribution < -0.4 is 10.6 Å². The maximum absolute atomic E-state index is 12.2. The molecule has 3 nitrogen and oxygen atoms in total. The standard InChI is InChI=1S/C17H24N2O/c20-17(16-15-10-4-9-14(15)12-19-16)18-11-5-8-13-6-2-1-3-7-13/h1-3,6-7,14-16,19H,4-5,8-12H2,(H,18,20). The van der Waals surface area contributed by atoms with Gasteiger partial charge in [-0.2, -0.15) is 0 Å². The van der Waals surface area contributed by atoms with E-state index in [1.165, 1.54) is 24.8 Å². The van der Waals surface area contributed by atoms with Crippen molar-refractivity contribution in [2.45, 2.75) is 38.1 Å². The quantitative estimate of drug-likeness (QED) is 0.806. The van der Waals surface area contributed by atoms with Crippen LogP contribution in [0.1, 0.15) is 31.2 Å². The lowest BCUT2D eigenvalue weighted by molar-refractivity contribution is -0.123. The second-order valence-electron chi connectivity index (χ2n) is 6.12. The highest BCUT2D eigenvalue weighted by Crippen LogP contribution is 2.37. The minimum atomic E-state index is 0.0687. The van der Waals surface area contributed by atoms with Crippen LogP contribution in [0.5, 0.6) is 0 Å².